The summed E-state index contributed by atoms with van der Waals surface area (Å²) in [4.78, 5) is 70.9. The summed E-state index contributed by atoms with van der Waals surface area (Å²) >= 11 is 18.3. The fourth-order valence-electron chi connectivity index (χ4n) is 6.92. The lowest BCUT2D eigenvalue weighted by Crippen LogP contribution is -2.24. The van der Waals surface area contributed by atoms with Crippen LogP contribution in [0.5, 0.6) is 23.0 Å². The quantitative estimate of drug-likeness (QED) is 0.0182. The van der Waals surface area contributed by atoms with Gasteiger partial charge in [0.25, 0.3) is 0 Å². The van der Waals surface area contributed by atoms with Gasteiger partial charge in [0.2, 0.25) is 11.6 Å². The molecule has 4 rings (SSSR count). The molecular formula is C56H64I8O14. The van der Waals surface area contributed by atoms with Crippen molar-refractivity contribution in [3.8, 4) is 23.0 Å². The molecule has 0 saturated carbocycles. The number of carbonyl (C=O) groups is 6. The maximum atomic E-state index is 12.0. The Balaban J connectivity index is 0.000000480. The smallest absolute Gasteiger partial charge is 0.344 e. The molecule has 0 aliphatic carbocycles. The van der Waals surface area contributed by atoms with Crippen molar-refractivity contribution in [3.05, 3.63) is 101 Å². The average Bonchev–Trinajstić information content (AvgIpc) is 3.39. The molecule has 0 aliphatic heterocycles. The highest BCUT2D eigenvalue weighted by atomic mass is 127. The highest BCUT2D eigenvalue weighted by molar-refractivity contribution is 14.1. The van der Waals surface area contributed by atoms with Gasteiger partial charge >= 0.3 is 23.9 Å². The number of unbranched alkanes of at least 4 members (excludes halogenated alkanes) is 10. The van der Waals surface area contributed by atoms with Gasteiger partial charge in [-0.1, -0.05) is 51.4 Å². The van der Waals surface area contributed by atoms with Crippen molar-refractivity contribution in [3.63, 3.8) is 0 Å². The number of halogens is 8. The van der Waals surface area contributed by atoms with E-state index in [2.05, 4.69) is 219 Å². The molecule has 2 unspecified atom stereocenters. The van der Waals surface area contributed by atoms with Gasteiger partial charge in [0, 0.05) is 27.1 Å². The van der Waals surface area contributed by atoms with Crippen molar-refractivity contribution in [2.24, 2.45) is 0 Å². The third kappa shape index (κ3) is 33.4. The SMILES string of the molecule is CC(CCCCCCCCC(=O)OCC(=O)COC(=O)CCCCCCCCC(C)Oc1c(I)cc(I)cc1I)Oc1c(I)cc(I)cc1I.O=C(COC(=O)COc1ccc(I)cc1)COC(=O)COc1ccc(I)cc1. The fraction of sp³-hybridized carbons (Fsp3) is 0.464. The maximum absolute atomic E-state index is 12.0. The van der Waals surface area contributed by atoms with Crippen LogP contribution in [0.3, 0.4) is 0 Å². The van der Waals surface area contributed by atoms with Crippen LogP contribution >= 0.6 is 181 Å². The van der Waals surface area contributed by atoms with Crippen LogP contribution in [0.1, 0.15) is 117 Å². The van der Waals surface area contributed by atoms with E-state index in [1.807, 2.05) is 24.3 Å². The molecule has 0 aliphatic rings. The normalized spacial score (nSPS) is 11.5. The van der Waals surface area contributed by atoms with Crippen molar-refractivity contribution in [1.82, 2.24) is 0 Å². The molecule has 0 saturated heterocycles. The van der Waals surface area contributed by atoms with Gasteiger partial charge in [-0.15, -0.1) is 0 Å². The number of hydrogen-bond donors (Lipinski definition) is 0. The van der Waals surface area contributed by atoms with Crippen molar-refractivity contribution in [1.29, 1.82) is 0 Å². The molecular weight excluding hydrogens is 1910 g/mol. The van der Waals surface area contributed by atoms with Crippen molar-refractivity contribution < 1.29 is 66.7 Å². The Morgan fingerprint density at radius 1 is 0.359 bits per heavy atom. The Bertz CT molecular complexity index is 2280. The predicted octanol–water partition coefficient (Wildman–Crippen LogP) is 15.5. The number of esters is 4. The van der Waals surface area contributed by atoms with Crippen LogP contribution in [-0.4, -0.2) is 87.3 Å². The van der Waals surface area contributed by atoms with Gasteiger partial charge in [0.15, 0.2) is 39.6 Å². The summed E-state index contributed by atoms with van der Waals surface area (Å²) in [6, 6.07) is 22.8. The first-order chi connectivity index (χ1) is 37.3. The minimum Gasteiger partial charge on any atom is -0.488 e. The number of Topliss-reactive ketones (excluding diaryl/α,β-unsaturated/α-hetero) is 2. The van der Waals surface area contributed by atoms with Gasteiger partial charge in [-0.2, -0.15) is 0 Å². The van der Waals surface area contributed by atoms with E-state index >= 15 is 0 Å². The van der Waals surface area contributed by atoms with Crippen LogP contribution in [0.15, 0.2) is 72.8 Å². The highest BCUT2D eigenvalue weighted by Gasteiger charge is 2.16. The van der Waals surface area contributed by atoms with Crippen LogP contribution in [-0.2, 0) is 47.7 Å². The molecule has 0 aromatic heterocycles. The van der Waals surface area contributed by atoms with E-state index in [-0.39, 0.29) is 50.6 Å². The lowest BCUT2D eigenvalue weighted by atomic mass is 10.1. The second kappa shape index (κ2) is 42.0. The first kappa shape index (κ1) is 71.4. The first-order valence-corrected chi connectivity index (χ1v) is 34.0. The van der Waals surface area contributed by atoms with Gasteiger partial charge in [0.05, 0.1) is 26.5 Å². The van der Waals surface area contributed by atoms with Crippen LogP contribution < -0.4 is 18.9 Å². The summed E-state index contributed by atoms with van der Waals surface area (Å²) in [5.41, 5.74) is 0. The molecule has 4 aromatic carbocycles. The van der Waals surface area contributed by atoms with Gasteiger partial charge < -0.3 is 37.9 Å². The minimum atomic E-state index is -0.694. The Hall–Kier alpha value is -0.860. The molecule has 428 valence electrons. The summed E-state index contributed by atoms with van der Waals surface area (Å²) in [6.45, 7) is 1.91. The number of benzene rings is 4. The Morgan fingerprint density at radius 3 is 0.962 bits per heavy atom. The molecule has 0 spiro atoms. The van der Waals surface area contributed by atoms with Crippen molar-refractivity contribution in [2.45, 2.75) is 129 Å². The van der Waals surface area contributed by atoms with Gasteiger partial charge in [0.1, 0.15) is 23.0 Å². The largest absolute Gasteiger partial charge is 0.488 e. The van der Waals surface area contributed by atoms with E-state index in [4.69, 9.17) is 37.9 Å². The second-order valence-electron chi connectivity index (χ2n) is 17.8. The summed E-state index contributed by atoms with van der Waals surface area (Å²) < 4.78 is 51.7. The fourth-order valence-corrected chi connectivity index (χ4v) is 15.3. The molecule has 0 heterocycles. The summed E-state index contributed by atoms with van der Waals surface area (Å²) in [5.74, 6) is -0.106. The number of carbonyl (C=O) groups excluding carboxylic acids is 6. The third-order valence-corrected chi connectivity index (χ3v) is 16.9. The third-order valence-electron chi connectivity index (χ3n) is 11.0. The molecule has 22 heteroatoms. The van der Waals surface area contributed by atoms with E-state index < -0.39 is 36.7 Å². The molecule has 14 nitrogen and oxygen atoms in total. The molecule has 0 N–H and O–H groups in total. The van der Waals surface area contributed by atoms with E-state index in [9.17, 15) is 28.8 Å². The highest BCUT2D eigenvalue weighted by Crippen LogP contribution is 2.32. The van der Waals surface area contributed by atoms with Crippen LogP contribution in [0.2, 0.25) is 0 Å². The standard InChI is InChI=1S/C37H48I6O7.C19H16I2O7/c1-25(49-36-30(40)19-27(38)20-31(36)41)15-11-7-3-5-9-13-17-34(45)47-23-29(44)24-48-35(46)18-14-10-6-4-8-12-16-26(2)50-37-32(42)21-28(39)22-33(37)43;20-13-1-5-16(6-2-13)25-11-18(23)27-9-15(22)10-28-19(24)12-26-17-7-3-14(21)4-8-17/h19-22,25-26H,3-18,23-24H2,1-2H3;1-8H,9-12H2. The number of hydrogen-bond acceptors (Lipinski definition) is 14. The van der Waals surface area contributed by atoms with Gasteiger partial charge in [-0.3, -0.25) is 19.2 Å². The maximum Gasteiger partial charge on any atom is 0.344 e. The van der Waals surface area contributed by atoms with Crippen molar-refractivity contribution in [2.75, 3.05) is 39.6 Å². The zero-order valence-electron chi connectivity index (χ0n) is 43.4. The Morgan fingerprint density at radius 2 is 0.641 bits per heavy atom. The predicted molar refractivity (Wildman–Crippen MR) is 366 cm³/mol. The molecule has 0 fully saturated rings. The number of ketones is 2. The van der Waals surface area contributed by atoms with Gasteiger partial charge in [-0.25, -0.2) is 9.59 Å². The minimum absolute atomic E-state index is 0.170. The zero-order valence-corrected chi connectivity index (χ0v) is 60.6. The molecule has 0 amide bonds. The van der Waals surface area contributed by atoms with Crippen LogP contribution in [0, 0.1) is 28.6 Å². The second-order valence-corrected chi connectivity index (χ2v) is 27.4. The summed E-state index contributed by atoms with van der Waals surface area (Å²) in [5, 5.41) is 0. The molecule has 0 radical (unpaired) electrons. The number of ether oxygens (including phenoxy) is 8. The lowest BCUT2D eigenvalue weighted by molar-refractivity contribution is -0.155. The molecule has 0 bridgehead atoms. The topological polar surface area (TPSA) is 176 Å². The Kier molecular flexibility index (Phi) is 38.5. The monoisotopic (exact) mass is 1980 g/mol. The van der Waals surface area contributed by atoms with Gasteiger partial charge in [-0.05, 0) is 306 Å². The average molecular weight is 1980 g/mol. The summed E-state index contributed by atoms with van der Waals surface area (Å²) in [7, 11) is 0. The van der Waals surface area contributed by atoms with E-state index in [1.54, 1.807) is 24.3 Å². The lowest BCUT2D eigenvalue weighted by Gasteiger charge is -2.17. The van der Waals surface area contributed by atoms with E-state index in [0.717, 1.165) is 123 Å². The van der Waals surface area contributed by atoms with Crippen LogP contribution in [0.4, 0.5) is 0 Å². The van der Waals surface area contributed by atoms with Crippen molar-refractivity contribution >= 4 is 216 Å². The molecule has 78 heavy (non-hydrogen) atoms. The summed E-state index contributed by atoms with van der Waals surface area (Å²) in [6.07, 6.45) is 15.2. The zero-order chi connectivity index (χ0) is 57.2. The molecule has 4 aromatic rings. The van der Waals surface area contributed by atoms with E-state index in [0.29, 0.717) is 24.3 Å². The molecule has 2 atom stereocenters. The van der Waals surface area contributed by atoms with Crippen LogP contribution in [0.25, 0.3) is 0 Å². The number of rotatable bonds is 36. The Labute approximate surface area is 567 Å². The first-order valence-electron chi connectivity index (χ1n) is 25.3. The van der Waals surface area contributed by atoms with E-state index in [1.165, 1.54) is 7.14 Å².